The number of anilines is 1. The molecule has 0 atom stereocenters. The van der Waals surface area contributed by atoms with Crippen LogP contribution in [0.15, 0.2) is 30.3 Å². The average Bonchev–Trinajstić information content (AvgIpc) is 2.80. The van der Waals surface area contributed by atoms with Crippen molar-refractivity contribution in [3.63, 3.8) is 0 Å². The van der Waals surface area contributed by atoms with Crippen molar-refractivity contribution in [1.82, 2.24) is 9.78 Å². The molecule has 0 unspecified atom stereocenters. The van der Waals surface area contributed by atoms with Crippen LogP contribution in [0.1, 0.15) is 36.8 Å². The Morgan fingerprint density at radius 2 is 1.90 bits per heavy atom. The van der Waals surface area contributed by atoms with Gasteiger partial charge in [-0.05, 0) is 24.3 Å². The van der Waals surface area contributed by atoms with Crippen LogP contribution in [0.4, 0.5) is 5.82 Å². The van der Waals surface area contributed by atoms with Crippen molar-refractivity contribution < 1.29 is 9.90 Å². The standard InChI is InChI=1S/C15H19N3O2/c1-15(2,3)13-8-14(16)18(17-13)11-6-4-10(5-7-11)12(20)9-19/h4-8,19H,9,16H2,1-3H3. The second kappa shape index (κ2) is 5.09. The Bertz CT molecular complexity index is 622. The summed E-state index contributed by atoms with van der Waals surface area (Å²) in [6.45, 7) is 5.73. The fraction of sp³-hybridized carbons (Fsp3) is 0.333. The van der Waals surface area contributed by atoms with Crippen molar-refractivity contribution in [3.05, 3.63) is 41.6 Å². The lowest BCUT2D eigenvalue weighted by Gasteiger charge is -2.14. The number of carbonyl (C=O) groups excluding carboxylic acids is 1. The molecule has 3 N–H and O–H groups in total. The summed E-state index contributed by atoms with van der Waals surface area (Å²) < 4.78 is 1.65. The topological polar surface area (TPSA) is 81.1 Å². The van der Waals surface area contributed by atoms with Crippen molar-refractivity contribution in [3.8, 4) is 5.69 Å². The normalized spacial score (nSPS) is 11.6. The number of hydrogen-bond donors (Lipinski definition) is 2. The van der Waals surface area contributed by atoms with Crippen LogP contribution in [0.5, 0.6) is 0 Å². The molecule has 1 aromatic carbocycles. The molecule has 0 aliphatic carbocycles. The first kappa shape index (κ1) is 14.3. The molecule has 2 aromatic rings. The number of hydrogen-bond acceptors (Lipinski definition) is 4. The predicted octanol–water partition coefficient (Wildman–Crippen LogP) is 1.93. The monoisotopic (exact) mass is 273 g/mol. The lowest BCUT2D eigenvalue weighted by atomic mass is 9.92. The molecule has 1 heterocycles. The van der Waals surface area contributed by atoms with Crippen molar-refractivity contribution in [2.45, 2.75) is 26.2 Å². The number of rotatable bonds is 3. The van der Waals surface area contributed by atoms with Crippen LogP contribution in [0, 0.1) is 0 Å². The number of benzene rings is 1. The van der Waals surface area contributed by atoms with E-state index in [0.717, 1.165) is 11.4 Å². The van der Waals surface area contributed by atoms with Crippen LogP contribution in [0.3, 0.4) is 0 Å². The molecular formula is C15H19N3O2. The van der Waals surface area contributed by atoms with E-state index in [1.165, 1.54) is 0 Å². The van der Waals surface area contributed by atoms with Crippen molar-refractivity contribution in [2.75, 3.05) is 12.3 Å². The molecule has 5 nitrogen and oxygen atoms in total. The summed E-state index contributed by atoms with van der Waals surface area (Å²) in [6.07, 6.45) is 0. The zero-order valence-corrected chi connectivity index (χ0v) is 11.9. The average molecular weight is 273 g/mol. The number of Topliss-reactive ketones (excluding diaryl/α,β-unsaturated/α-hetero) is 1. The van der Waals surface area contributed by atoms with Crippen molar-refractivity contribution in [2.24, 2.45) is 0 Å². The summed E-state index contributed by atoms with van der Waals surface area (Å²) in [5.41, 5.74) is 8.07. The number of aliphatic hydroxyl groups excluding tert-OH is 1. The Kier molecular flexibility index (Phi) is 3.63. The van der Waals surface area contributed by atoms with Crippen molar-refractivity contribution >= 4 is 11.6 Å². The first-order chi connectivity index (χ1) is 9.32. The highest BCUT2D eigenvalue weighted by atomic mass is 16.3. The van der Waals surface area contributed by atoms with Crippen LogP contribution >= 0.6 is 0 Å². The molecule has 1 aromatic heterocycles. The molecule has 2 rings (SSSR count). The van der Waals surface area contributed by atoms with E-state index in [0.29, 0.717) is 11.4 Å². The van der Waals surface area contributed by atoms with Gasteiger partial charge in [0.15, 0.2) is 5.78 Å². The fourth-order valence-electron chi connectivity index (χ4n) is 1.85. The minimum Gasteiger partial charge on any atom is -0.388 e. The van der Waals surface area contributed by atoms with Gasteiger partial charge in [0.05, 0.1) is 11.4 Å². The summed E-state index contributed by atoms with van der Waals surface area (Å²) in [4.78, 5) is 11.4. The van der Waals surface area contributed by atoms with Gasteiger partial charge in [-0.3, -0.25) is 4.79 Å². The molecule has 0 fully saturated rings. The van der Waals surface area contributed by atoms with Crippen LogP contribution in [0.25, 0.3) is 5.69 Å². The smallest absolute Gasteiger partial charge is 0.188 e. The maximum absolute atomic E-state index is 11.4. The molecule has 5 heteroatoms. The molecule has 0 saturated carbocycles. The SMILES string of the molecule is CC(C)(C)c1cc(N)n(-c2ccc(C(=O)CO)cc2)n1. The third-order valence-corrected chi connectivity index (χ3v) is 3.08. The Morgan fingerprint density at radius 1 is 1.30 bits per heavy atom. The minimum atomic E-state index is -0.489. The van der Waals surface area contributed by atoms with Gasteiger partial charge in [0.1, 0.15) is 12.4 Å². The van der Waals surface area contributed by atoms with Gasteiger partial charge in [-0.1, -0.05) is 20.8 Å². The molecule has 0 amide bonds. The first-order valence-corrected chi connectivity index (χ1v) is 6.43. The molecular weight excluding hydrogens is 254 g/mol. The highest BCUT2D eigenvalue weighted by molar-refractivity contribution is 5.97. The van der Waals surface area contributed by atoms with E-state index in [9.17, 15) is 4.79 Å². The quantitative estimate of drug-likeness (QED) is 0.837. The summed E-state index contributed by atoms with van der Waals surface area (Å²) in [5, 5.41) is 13.3. The predicted molar refractivity (Wildman–Crippen MR) is 78.1 cm³/mol. The van der Waals surface area contributed by atoms with E-state index >= 15 is 0 Å². The highest BCUT2D eigenvalue weighted by Gasteiger charge is 2.19. The van der Waals surface area contributed by atoms with Gasteiger partial charge in [-0.25, -0.2) is 4.68 Å². The van der Waals surface area contributed by atoms with Gasteiger partial charge in [-0.15, -0.1) is 0 Å². The van der Waals surface area contributed by atoms with Gasteiger partial charge < -0.3 is 10.8 Å². The lowest BCUT2D eigenvalue weighted by Crippen LogP contribution is -2.12. The van der Waals surface area contributed by atoms with E-state index in [1.807, 2.05) is 6.07 Å². The molecule has 0 saturated heterocycles. The van der Waals surface area contributed by atoms with Gasteiger partial charge in [0, 0.05) is 17.0 Å². The summed E-state index contributed by atoms with van der Waals surface area (Å²) >= 11 is 0. The van der Waals surface area contributed by atoms with Gasteiger partial charge in [0.2, 0.25) is 0 Å². The summed E-state index contributed by atoms with van der Waals surface area (Å²) in [6, 6.07) is 8.70. The number of aliphatic hydroxyl groups is 1. The maximum atomic E-state index is 11.4. The first-order valence-electron chi connectivity index (χ1n) is 6.43. The maximum Gasteiger partial charge on any atom is 0.188 e. The molecule has 20 heavy (non-hydrogen) atoms. The lowest BCUT2D eigenvalue weighted by molar-refractivity contribution is 0.0904. The molecule has 0 bridgehead atoms. The number of nitrogens with two attached hydrogens (primary N) is 1. The highest BCUT2D eigenvalue weighted by Crippen LogP contribution is 2.24. The zero-order valence-electron chi connectivity index (χ0n) is 11.9. The van der Waals surface area contributed by atoms with Crippen LogP contribution in [-0.4, -0.2) is 27.3 Å². The molecule has 0 aliphatic heterocycles. The third-order valence-electron chi connectivity index (χ3n) is 3.08. The van der Waals surface area contributed by atoms with Gasteiger partial charge >= 0.3 is 0 Å². The second-order valence-electron chi connectivity index (χ2n) is 5.74. The Hall–Kier alpha value is -2.14. The zero-order chi connectivity index (χ0) is 14.9. The van der Waals surface area contributed by atoms with Crippen LogP contribution < -0.4 is 5.73 Å². The molecule has 0 aliphatic rings. The van der Waals surface area contributed by atoms with E-state index in [4.69, 9.17) is 10.8 Å². The van der Waals surface area contributed by atoms with Crippen LogP contribution in [0.2, 0.25) is 0 Å². The van der Waals surface area contributed by atoms with Crippen LogP contribution in [-0.2, 0) is 5.41 Å². The molecule has 106 valence electrons. The molecule has 0 radical (unpaired) electrons. The Labute approximate surface area is 118 Å². The van der Waals surface area contributed by atoms with E-state index < -0.39 is 6.61 Å². The van der Waals surface area contributed by atoms with Gasteiger partial charge in [-0.2, -0.15) is 5.10 Å². The Balaban J connectivity index is 2.37. The fourth-order valence-corrected chi connectivity index (χ4v) is 1.85. The number of ketones is 1. The number of carbonyl (C=O) groups is 1. The Morgan fingerprint density at radius 3 is 2.35 bits per heavy atom. The number of nitrogens with zero attached hydrogens (tertiary/aromatic N) is 2. The number of aromatic nitrogens is 2. The largest absolute Gasteiger partial charge is 0.388 e. The molecule has 0 spiro atoms. The summed E-state index contributed by atoms with van der Waals surface area (Å²) in [5.74, 6) is 0.247. The third kappa shape index (κ3) is 2.72. The minimum absolute atomic E-state index is 0.0772. The van der Waals surface area contributed by atoms with E-state index in [1.54, 1.807) is 28.9 Å². The van der Waals surface area contributed by atoms with E-state index in [-0.39, 0.29) is 11.2 Å². The number of nitrogen functional groups attached to an aromatic ring is 1. The summed E-state index contributed by atoms with van der Waals surface area (Å²) in [7, 11) is 0. The van der Waals surface area contributed by atoms with E-state index in [2.05, 4.69) is 25.9 Å². The van der Waals surface area contributed by atoms with Crippen molar-refractivity contribution in [1.29, 1.82) is 0 Å². The van der Waals surface area contributed by atoms with Gasteiger partial charge in [0.25, 0.3) is 0 Å². The second-order valence-corrected chi connectivity index (χ2v) is 5.74.